The summed E-state index contributed by atoms with van der Waals surface area (Å²) in [5, 5.41) is 14.6. The van der Waals surface area contributed by atoms with E-state index in [-0.39, 0.29) is 18.4 Å². The Labute approximate surface area is 84.7 Å². The average molecular weight is 195 g/mol. The molecule has 0 aromatic rings. The molecule has 0 bridgehead atoms. The first-order valence-electron chi connectivity index (χ1n) is 5.16. The molecule has 0 radical (unpaired) electrons. The first-order valence-corrected chi connectivity index (χ1v) is 5.16. The fourth-order valence-electron chi connectivity index (χ4n) is 1.25. The van der Waals surface area contributed by atoms with Crippen molar-refractivity contribution in [3.63, 3.8) is 0 Å². The van der Waals surface area contributed by atoms with Crippen LogP contribution in [0.4, 0.5) is 0 Å². The predicted molar refractivity (Wildman–Crippen MR) is 53.4 cm³/mol. The van der Waals surface area contributed by atoms with Gasteiger partial charge in [-0.2, -0.15) is 5.26 Å². The molecule has 0 spiro atoms. The molecule has 1 rings (SSSR count). The second-order valence-electron chi connectivity index (χ2n) is 3.69. The molecule has 1 aliphatic carbocycles. The molecule has 1 fully saturated rings. The van der Waals surface area contributed by atoms with Crippen LogP contribution in [0.2, 0.25) is 0 Å². The number of nitriles is 1. The summed E-state index contributed by atoms with van der Waals surface area (Å²) >= 11 is 0. The van der Waals surface area contributed by atoms with Crippen LogP contribution >= 0.6 is 0 Å². The van der Waals surface area contributed by atoms with Gasteiger partial charge in [-0.3, -0.25) is 4.79 Å². The normalized spacial score (nSPS) is 17.1. The molecule has 0 saturated heterocycles. The van der Waals surface area contributed by atoms with E-state index in [1.807, 2.05) is 6.92 Å². The maximum Gasteiger partial charge on any atom is 0.222 e. The quantitative estimate of drug-likeness (QED) is 0.645. The number of nitrogens with zero attached hydrogens (tertiary/aromatic N) is 1. The van der Waals surface area contributed by atoms with Crippen LogP contribution in [0.1, 0.15) is 26.2 Å². The van der Waals surface area contributed by atoms with Gasteiger partial charge in [-0.25, -0.2) is 0 Å². The lowest BCUT2D eigenvalue weighted by molar-refractivity contribution is -0.121. The lowest BCUT2D eigenvalue weighted by atomic mass is 10.2. The Morgan fingerprint density at radius 2 is 2.36 bits per heavy atom. The predicted octanol–water partition coefficient (Wildman–Crippen LogP) is 0.404. The molecule has 0 aliphatic heterocycles. The van der Waals surface area contributed by atoms with Gasteiger partial charge in [0.25, 0.3) is 0 Å². The molecule has 4 heteroatoms. The SMILES string of the molecule is CCNC(=O)CC(C#N)NCC1CC1. The molecule has 1 amide bonds. The van der Waals surface area contributed by atoms with Crippen molar-refractivity contribution in [3.8, 4) is 6.07 Å². The number of rotatable bonds is 6. The second kappa shape index (κ2) is 5.61. The molecule has 1 saturated carbocycles. The van der Waals surface area contributed by atoms with Crippen molar-refractivity contribution in [2.75, 3.05) is 13.1 Å². The third-order valence-corrected chi connectivity index (χ3v) is 2.27. The molecule has 1 unspecified atom stereocenters. The van der Waals surface area contributed by atoms with E-state index in [0.29, 0.717) is 6.54 Å². The maximum absolute atomic E-state index is 11.2. The van der Waals surface area contributed by atoms with Crippen LogP contribution in [0.5, 0.6) is 0 Å². The van der Waals surface area contributed by atoms with E-state index < -0.39 is 0 Å². The molecule has 1 atom stereocenters. The number of carbonyl (C=O) groups is 1. The van der Waals surface area contributed by atoms with Crippen LogP contribution in [-0.4, -0.2) is 25.0 Å². The summed E-state index contributed by atoms with van der Waals surface area (Å²) in [5.41, 5.74) is 0. The maximum atomic E-state index is 11.2. The molecular weight excluding hydrogens is 178 g/mol. The summed E-state index contributed by atoms with van der Waals surface area (Å²) in [6, 6.07) is 1.77. The lowest BCUT2D eigenvalue weighted by Gasteiger charge is -2.10. The molecule has 2 N–H and O–H groups in total. The van der Waals surface area contributed by atoms with Crippen molar-refractivity contribution in [2.24, 2.45) is 5.92 Å². The Kier molecular flexibility index (Phi) is 4.41. The van der Waals surface area contributed by atoms with E-state index in [4.69, 9.17) is 5.26 Å². The van der Waals surface area contributed by atoms with Gasteiger partial charge in [-0.15, -0.1) is 0 Å². The molecule has 0 aromatic carbocycles. The van der Waals surface area contributed by atoms with Gasteiger partial charge in [0.1, 0.15) is 6.04 Å². The minimum Gasteiger partial charge on any atom is -0.356 e. The van der Waals surface area contributed by atoms with E-state index in [0.717, 1.165) is 12.5 Å². The van der Waals surface area contributed by atoms with Gasteiger partial charge >= 0.3 is 0 Å². The summed E-state index contributed by atoms with van der Waals surface area (Å²) in [6.07, 6.45) is 2.77. The topological polar surface area (TPSA) is 64.9 Å². The molecule has 4 nitrogen and oxygen atoms in total. The van der Waals surface area contributed by atoms with Crippen LogP contribution in [0.15, 0.2) is 0 Å². The minimum absolute atomic E-state index is 0.0534. The molecule has 1 aliphatic rings. The highest BCUT2D eigenvalue weighted by Gasteiger charge is 2.22. The number of hydrogen-bond donors (Lipinski definition) is 2. The van der Waals surface area contributed by atoms with E-state index >= 15 is 0 Å². The fraction of sp³-hybridized carbons (Fsp3) is 0.800. The Hall–Kier alpha value is -1.08. The third kappa shape index (κ3) is 4.24. The van der Waals surface area contributed by atoms with Gasteiger partial charge in [0.15, 0.2) is 0 Å². The van der Waals surface area contributed by atoms with Crippen molar-refractivity contribution >= 4 is 5.91 Å². The van der Waals surface area contributed by atoms with Crippen molar-refractivity contribution in [3.05, 3.63) is 0 Å². The fourth-order valence-corrected chi connectivity index (χ4v) is 1.25. The molecule has 0 aromatic heterocycles. The Morgan fingerprint density at radius 1 is 1.64 bits per heavy atom. The van der Waals surface area contributed by atoms with Crippen LogP contribution in [0, 0.1) is 17.2 Å². The third-order valence-electron chi connectivity index (χ3n) is 2.27. The number of carbonyl (C=O) groups excluding carboxylic acids is 1. The first kappa shape index (κ1) is 11.0. The van der Waals surface area contributed by atoms with E-state index in [1.165, 1.54) is 12.8 Å². The number of amides is 1. The highest BCUT2D eigenvalue weighted by atomic mass is 16.1. The lowest BCUT2D eigenvalue weighted by Crippen LogP contribution is -2.35. The van der Waals surface area contributed by atoms with Crippen LogP contribution in [0.25, 0.3) is 0 Å². The van der Waals surface area contributed by atoms with Gasteiger partial charge in [-0.1, -0.05) is 0 Å². The Balaban J connectivity index is 2.16. The summed E-state index contributed by atoms with van der Waals surface area (Å²) in [4.78, 5) is 11.2. The first-order chi connectivity index (χ1) is 6.76. The van der Waals surface area contributed by atoms with Crippen LogP contribution in [-0.2, 0) is 4.79 Å². The van der Waals surface area contributed by atoms with Crippen molar-refractivity contribution in [2.45, 2.75) is 32.2 Å². The zero-order valence-electron chi connectivity index (χ0n) is 8.55. The highest BCUT2D eigenvalue weighted by molar-refractivity contribution is 5.76. The van der Waals surface area contributed by atoms with Crippen molar-refractivity contribution < 1.29 is 4.79 Å². The standard InChI is InChI=1S/C10H17N3O/c1-2-12-10(14)5-9(6-11)13-7-8-3-4-8/h8-9,13H,2-5,7H2,1H3,(H,12,14). The largest absolute Gasteiger partial charge is 0.356 e. The zero-order valence-corrected chi connectivity index (χ0v) is 8.55. The van der Waals surface area contributed by atoms with E-state index in [1.54, 1.807) is 0 Å². The van der Waals surface area contributed by atoms with Gasteiger partial charge in [0.2, 0.25) is 5.91 Å². The second-order valence-corrected chi connectivity index (χ2v) is 3.69. The zero-order chi connectivity index (χ0) is 10.4. The van der Waals surface area contributed by atoms with E-state index in [2.05, 4.69) is 16.7 Å². The monoisotopic (exact) mass is 195 g/mol. The van der Waals surface area contributed by atoms with Gasteiger partial charge in [0.05, 0.1) is 12.5 Å². The minimum atomic E-state index is -0.331. The molecular formula is C10H17N3O. The van der Waals surface area contributed by atoms with Gasteiger partial charge < -0.3 is 10.6 Å². The number of nitrogens with one attached hydrogen (secondary N) is 2. The summed E-state index contributed by atoms with van der Waals surface area (Å²) in [5.74, 6) is 0.683. The Morgan fingerprint density at radius 3 is 2.86 bits per heavy atom. The van der Waals surface area contributed by atoms with Gasteiger partial charge in [-0.05, 0) is 32.2 Å². The molecule has 78 valence electrons. The van der Waals surface area contributed by atoms with Crippen molar-refractivity contribution in [1.29, 1.82) is 5.26 Å². The average Bonchev–Trinajstić information content (AvgIpc) is 2.96. The summed E-state index contributed by atoms with van der Waals surface area (Å²) in [6.45, 7) is 3.37. The van der Waals surface area contributed by atoms with E-state index in [9.17, 15) is 4.79 Å². The molecule has 0 heterocycles. The summed E-state index contributed by atoms with van der Waals surface area (Å²) in [7, 11) is 0. The van der Waals surface area contributed by atoms with Crippen LogP contribution < -0.4 is 10.6 Å². The highest BCUT2D eigenvalue weighted by Crippen LogP contribution is 2.27. The summed E-state index contributed by atoms with van der Waals surface area (Å²) < 4.78 is 0. The Bertz CT molecular complexity index is 230. The molecule has 14 heavy (non-hydrogen) atoms. The smallest absolute Gasteiger partial charge is 0.222 e. The number of hydrogen-bond acceptors (Lipinski definition) is 3. The van der Waals surface area contributed by atoms with Gasteiger partial charge in [0, 0.05) is 6.54 Å². The van der Waals surface area contributed by atoms with Crippen molar-refractivity contribution in [1.82, 2.24) is 10.6 Å². The van der Waals surface area contributed by atoms with Crippen LogP contribution in [0.3, 0.4) is 0 Å².